The second-order valence-electron chi connectivity index (χ2n) is 4.00. The Balaban J connectivity index is 1.94. The summed E-state index contributed by atoms with van der Waals surface area (Å²) in [6.45, 7) is 2.24. The number of halogens is 1. The fourth-order valence-electron chi connectivity index (χ4n) is 1.87. The third-order valence-corrected chi connectivity index (χ3v) is 4.48. The van der Waals surface area contributed by atoms with E-state index < -0.39 is 0 Å². The number of benzene rings is 1. The van der Waals surface area contributed by atoms with Gasteiger partial charge in [0.2, 0.25) is 0 Å². The van der Waals surface area contributed by atoms with E-state index in [9.17, 15) is 0 Å². The van der Waals surface area contributed by atoms with E-state index in [4.69, 9.17) is 0 Å². The molecule has 82 valence electrons. The molecule has 1 unspecified atom stereocenters. The molecule has 1 aliphatic heterocycles. The summed E-state index contributed by atoms with van der Waals surface area (Å²) in [6, 6.07) is 9.75. The van der Waals surface area contributed by atoms with Crippen LogP contribution in [0.4, 0.5) is 0 Å². The minimum absolute atomic E-state index is 0.460. The van der Waals surface area contributed by atoms with Crippen LogP contribution < -0.4 is 5.32 Å². The topological polar surface area (TPSA) is 12.0 Å². The summed E-state index contributed by atoms with van der Waals surface area (Å²) >= 11 is 5.51. The van der Waals surface area contributed by atoms with Gasteiger partial charge >= 0.3 is 0 Å². The van der Waals surface area contributed by atoms with Crippen molar-refractivity contribution in [1.29, 1.82) is 0 Å². The van der Waals surface area contributed by atoms with E-state index in [2.05, 4.69) is 64.2 Å². The van der Waals surface area contributed by atoms with Crippen LogP contribution in [0.25, 0.3) is 0 Å². The van der Waals surface area contributed by atoms with Crippen molar-refractivity contribution in [1.82, 2.24) is 5.32 Å². The molecule has 2 rings (SSSR count). The molecule has 0 aromatic heterocycles. The molecule has 1 heterocycles. The number of hydrogen-bond acceptors (Lipinski definition) is 2. The summed E-state index contributed by atoms with van der Waals surface area (Å²) in [5, 5.41) is 3.68. The van der Waals surface area contributed by atoms with Crippen LogP contribution in [-0.4, -0.2) is 17.5 Å². The zero-order chi connectivity index (χ0) is 10.7. The van der Waals surface area contributed by atoms with Crippen molar-refractivity contribution in [3.8, 4) is 0 Å². The van der Waals surface area contributed by atoms with Gasteiger partial charge in [0.05, 0.1) is 0 Å². The fourth-order valence-corrected chi connectivity index (χ4v) is 3.30. The van der Waals surface area contributed by atoms with Crippen molar-refractivity contribution in [2.75, 3.05) is 11.5 Å². The van der Waals surface area contributed by atoms with Gasteiger partial charge < -0.3 is 5.32 Å². The number of rotatable bonds is 3. The van der Waals surface area contributed by atoms with E-state index in [-0.39, 0.29) is 0 Å². The van der Waals surface area contributed by atoms with Gasteiger partial charge in [-0.1, -0.05) is 28.1 Å². The van der Waals surface area contributed by atoms with Crippen LogP contribution in [0, 0.1) is 0 Å². The average molecular weight is 286 g/mol. The highest BCUT2D eigenvalue weighted by molar-refractivity contribution is 9.10. The van der Waals surface area contributed by atoms with Gasteiger partial charge in [-0.25, -0.2) is 0 Å². The Kier molecular flexibility index (Phi) is 4.12. The van der Waals surface area contributed by atoms with Gasteiger partial charge in [-0.2, -0.15) is 11.8 Å². The van der Waals surface area contributed by atoms with Crippen LogP contribution in [0.3, 0.4) is 0 Å². The molecule has 15 heavy (non-hydrogen) atoms. The first kappa shape index (κ1) is 11.5. The first-order valence-corrected chi connectivity index (χ1v) is 7.30. The van der Waals surface area contributed by atoms with Crippen LogP contribution in [0.5, 0.6) is 0 Å². The molecular weight excluding hydrogens is 270 g/mol. The van der Waals surface area contributed by atoms with E-state index in [1.54, 1.807) is 0 Å². The molecule has 0 bridgehead atoms. The molecule has 2 atom stereocenters. The maximum Gasteiger partial charge on any atom is 0.0294 e. The third kappa shape index (κ3) is 3.23. The van der Waals surface area contributed by atoms with Gasteiger partial charge in [-0.15, -0.1) is 0 Å². The number of nitrogens with one attached hydrogen (secondary N) is 1. The van der Waals surface area contributed by atoms with Gasteiger partial charge in [-0.05, 0) is 36.8 Å². The maximum absolute atomic E-state index is 3.68. The molecule has 1 saturated heterocycles. The average Bonchev–Trinajstić information content (AvgIpc) is 2.71. The van der Waals surface area contributed by atoms with Crippen molar-refractivity contribution in [3.63, 3.8) is 0 Å². The van der Waals surface area contributed by atoms with Crippen LogP contribution in [0.15, 0.2) is 28.7 Å². The number of thioether (sulfide) groups is 1. The van der Waals surface area contributed by atoms with E-state index in [1.807, 2.05) is 0 Å². The molecule has 1 aromatic carbocycles. The molecule has 0 saturated carbocycles. The van der Waals surface area contributed by atoms with Crippen molar-refractivity contribution in [2.45, 2.75) is 25.4 Å². The molecule has 1 fully saturated rings. The van der Waals surface area contributed by atoms with Gasteiger partial charge in [0.15, 0.2) is 0 Å². The SMILES string of the molecule is C[C@H](NC1CCSC1)c1ccc(Br)cc1. The van der Waals surface area contributed by atoms with Gasteiger partial charge in [0.25, 0.3) is 0 Å². The third-order valence-electron chi connectivity index (χ3n) is 2.79. The predicted molar refractivity (Wildman–Crippen MR) is 71.4 cm³/mol. The Morgan fingerprint density at radius 1 is 1.40 bits per heavy atom. The smallest absolute Gasteiger partial charge is 0.0294 e. The zero-order valence-corrected chi connectivity index (χ0v) is 11.3. The summed E-state index contributed by atoms with van der Waals surface area (Å²) in [4.78, 5) is 0. The standard InChI is InChI=1S/C12H16BrNS/c1-9(14-12-6-7-15-8-12)10-2-4-11(13)5-3-10/h2-5,9,12,14H,6-8H2,1H3/t9-,12?/m0/s1. The minimum atomic E-state index is 0.460. The number of hydrogen-bond donors (Lipinski definition) is 1. The van der Waals surface area contributed by atoms with E-state index >= 15 is 0 Å². The van der Waals surface area contributed by atoms with Crippen molar-refractivity contribution >= 4 is 27.7 Å². The minimum Gasteiger partial charge on any atom is -0.307 e. The largest absolute Gasteiger partial charge is 0.307 e. The molecule has 0 spiro atoms. The van der Waals surface area contributed by atoms with Crippen LogP contribution in [0.1, 0.15) is 24.9 Å². The Bertz CT molecular complexity index is 306. The van der Waals surface area contributed by atoms with Crippen molar-refractivity contribution in [3.05, 3.63) is 34.3 Å². The first-order valence-electron chi connectivity index (χ1n) is 5.35. The van der Waals surface area contributed by atoms with Gasteiger partial charge in [0.1, 0.15) is 0 Å². The molecular formula is C12H16BrNS. The summed E-state index contributed by atoms with van der Waals surface area (Å²) in [6.07, 6.45) is 1.31. The molecule has 1 nitrogen and oxygen atoms in total. The van der Waals surface area contributed by atoms with E-state index in [0.717, 1.165) is 4.47 Å². The molecule has 0 radical (unpaired) electrons. The highest BCUT2D eigenvalue weighted by Gasteiger charge is 2.17. The summed E-state index contributed by atoms with van der Waals surface area (Å²) in [5.74, 6) is 2.57. The van der Waals surface area contributed by atoms with Crippen LogP contribution in [-0.2, 0) is 0 Å². The van der Waals surface area contributed by atoms with Gasteiger partial charge in [0, 0.05) is 22.3 Å². The molecule has 3 heteroatoms. The second-order valence-corrected chi connectivity index (χ2v) is 6.07. The van der Waals surface area contributed by atoms with E-state index in [0.29, 0.717) is 12.1 Å². The Hall–Kier alpha value is 0.01000. The van der Waals surface area contributed by atoms with Crippen molar-refractivity contribution in [2.24, 2.45) is 0 Å². The van der Waals surface area contributed by atoms with Gasteiger partial charge in [-0.3, -0.25) is 0 Å². The van der Waals surface area contributed by atoms with Crippen LogP contribution >= 0.6 is 27.7 Å². The lowest BCUT2D eigenvalue weighted by molar-refractivity contribution is 0.486. The Morgan fingerprint density at radius 2 is 2.13 bits per heavy atom. The summed E-state index contributed by atoms with van der Waals surface area (Å²) in [5.41, 5.74) is 1.37. The lowest BCUT2D eigenvalue weighted by Gasteiger charge is -2.19. The quantitative estimate of drug-likeness (QED) is 0.911. The molecule has 0 aliphatic carbocycles. The highest BCUT2D eigenvalue weighted by Crippen LogP contribution is 2.22. The summed E-state index contributed by atoms with van der Waals surface area (Å²) in [7, 11) is 0. The normalized spacial score (nSPS) is 22.9. The molecule has 1 aliphatic rings. The first-order chi connectivity index (χ1) is 7.25. The molecule has 1 aromatic rings. The monoisotopic (exact) mass is 285 g/mol. The second kappa shape index (κ2) is 5.37. The van der Waals surface area contributed by atoms with E-state index in [1.165, 1.54) is 23.5 Å². The predicted octanol–water partition coefficient (Wildman–Crippen LogP) is 3.61. The lowest BCUT2D eigenvalue weighted by Crippen LogP contribution is -2.31. The fraction of sp³-hybridized carbons (Fsp3) is 0.500. The Morgan fingerprint density at radius 3 is 2.73 bits per heavy atom. The maximum atomic E-state index is 3.68. The lowest BCUT2D eigenvalue weighted by atomic mass is 10.1. The van der Waals surface area contributed by atoms with Crippen LogP contribution in [0.2, 0.25) is 0 Å². The molecule has 1 N–H and O–H groups in total. The zero-order valence-electron chi connectivity index (χ0n) is 8.87. The molecule has 0 amide bonds. The highest BCUT2D eigenvalue weighted by atomic mass is 79.9. The summed E-state index contributed by atoms with van der Waals surface area (Å²) < 4.78 is 1.15. The van der Waals surface area contributed by atoms with Crippen molar-refractivity contribution < 1.29 is 0 Å². The Labute approximate surface area is 104 Å².